The highest BCUT2D eigenvalue weighted by atomic mass is 32.1. The number of hydrogen-bond acceptors (Lipinski definition) is 6. The zero-order chi connectivity index (χ0) is 16.7. The van der Waals surface area contributed by atoms with Gasteiger partial charge in [0.15, 0.2) is 0 Å². The number of nitrogens with zero attached hydrogens (tertiary/aromatic N) is 2. The number of aromatic nitrogens is 2. The van der Waals surface area contributed by atoms with Gasteiger partial charge < -0.3 is 9.84 Å². The van der Waals surface area contributed by atoms with Gasteiger partial charge in [-0.25, -0.2) is 9.97 Å². The van der Waals surface area contributed by atoms with Crippen LogP contribution in [0.5, 0.6) is 0 Å². The van der Waals surface area contributed by atoms with E-state index in [1.54, 1.807) is 22.7 Å². The third-order valence-electron chi connectivity index (χ3n) is 3.61. The molecule has 3 rings (SSSR count). The number of unbranched alkanes of at least 4 members (excludes halogenated alkanes) is 3. The second kappa shape index (κ2) is 9.47. The highest BCUT2D eigenvalue weighted by Gasteiger charge is 2.26. The van der Waals surface area contributed by atoms with Gasteiger partial charge >= 0.3 is 0 Å². The molecule has 2 atom stereocenters. The van der Waals surface area contributed by atoms with E-state index in [1.165, 1.54) is 19.3 Å². The molecule has 128 valence electrons. The zero-order valence-corrected chi connectivity index (χ0v) is 15.8. The van der Waals surface area contributed by atoms with Crippen LogP contribution in [-0.2, 0) is 4.74 Å². The molecule has 1 aliphatic heterocycles. The smallest absolute Gasteiger partial charge is 0.124 e. The summed E-state index contributed by atoms with van der Waals surface area (Å²) in [4.78, 5) is 8.54. The Morgan fingerprint density at radius 1 is 1.17 bits per heavy atom. The molecule has 0 saturated carbocycles. The second-order valence-corrected chi connectivity index (χ2v) is 7.89. The Labute approximate surface area is 146 Å². The minimum atomic E-state index is -0.350. The molecule has 0 aromatic carbocycles. The van der Waals surface area contributed by atoms with Crippen molar-refractivity contribution in [2.45, 2.75) is 65.1 Å². The SMILES string of the molecule is CCCCCC[C@H](O)c1csc(C)n1.Cc1nc([C@@H]2CO2)cs1. The molecule has 4 nitrogen and oxygen atoms in total. The van der Waals surface area contributed by atoms with Crippen LogP contribution < -0.4 is 0 Å². The normalized spacial score (nSPS) is 17.5. The number of ether oxygens (including phenoxy) is 1. The molecule has 1 saturated heterocycles. The molecule has 2 aromatic rings. The summed E-state index contributed by atoms with van der Waals surface area (Å²) in [6.45, 7) is 7.04. The van der Waals surface area contributed by atoms with Gasteiger partial charge in [0, 0.05) is 10.8 Å². The van der Waals surface area contributed by atoms with Gasteiger partial charge in [0.2, 0.25) is 0 Å². The fraction of sp³-hybridized carbons (Fsp3) is 0.647. The number of aliphatic hydroxyl groups excluding tert-OH is 1. The van der Waals surface area contributed by atoms with Crippen LogP contribution in [0.15, 0.2) is 10.8 Å². The maximum Gasteiger partial charge on any atom is 0.124 e. The summed E-state index contributed by atoms with van der Waals surface area (Å²) in [5, 5.41) is 16.0. The summed E-state index contributed by atoms with van der Waals surface area (Å²) < 4.78 is 5.05. The van der Waals surface area contributed by atoms with Crippen molar-refractivity contribution in [2.24, 2.45) is 0 Å². The first-order valence-electron chi connectivity index (χ1n) is 8.23. The Kier molecular flexibility index (Phi) is 7.62. The predicted octanol–water partition coefficient (Wildman–Crippen LogP) is 4.98. The third-order valence-corrected chi connectivity index (χ3v) is 5.19. The number of epoxide rings is 1. The van der Waals surface area contributed by atoms with Crippen LogP contribution in [0.25, 0.3) is 0 Å². The highest BCUT2D eigenvalue weighted by molar-refractivity contribution is 7.09. The maximum absolute atomic E-state index is 9.78. The molecule has 1 N–H and O–H groups in total. The first-order valence-corrected chi connectivity index (χ1v) is 9.99. The lowest BCUT2D eigenvalue weighted by molar-refractivity contribution is 0.159. The minimum Gasteiger partial charge on any atom is -0.387 e. The summed E-state index contributed by atoms with van der Waals surface area (Å²) in [5.41, 5.74) is 1.96. The van der Waals surface area contributed by atoms with Crippen molar-refractivity contribution in [1.29, 1.82) is 0 Å². The fourth-order valence-corrected chi connectivity index (χ4v) is 3.51. The third kappa shape index (κ3) is 6.67. The molecule has 2 aromatic heterocycles. The molecule has 0 aliphatic carbocycles. The topological polar surface area (TPSA) is 58.5 Å². The van der Waals surface area contributed by atoms with E-state index in [0.29, 0.717) is 6.10 Å². The standard InChI is InChI=1S/C11H19NOS.C6H7NOS/c1-3-4-5-6-7-11(13)10-8-14-9(2)12-10;1-4-7-5(3-9-4)6-2-8-6/h8,11,13H,3-7H2,1-2H3;3,6H,2H2,1H3/t11-;6-/m00/s1. The van der Waals surface area contributed by atoms with Crippen LogP contribution in [0.4, 0.5) is 0 Å². The molecule has 0 unspecified atom stereocenters. The summed E-state index contributed by atoms with van der Waals surface area (Å²) in [7, 11) is 0. The van der Waals surface area contributed by atoms with Gasteiger partial charge in [0.25, 0.3) is 0 Å². The molecule has 0 spiro atoms. The first-order chi connectivity index (χ1) is 11.1. The average molecular weight is 355 g/mol. The second-order valence-electron chi connectivity index (χ2n) is 5.77. The lowest BCUT2D eigenvalue weighted by Gasteiger charge is -2.06. The van der Waals surface area contributed by atoms with E-state index in [0.717, 1.165) is 40.9 Å². The molecule has 23 heavy (non-hydrogen) atoms. The van der Waals surface area contributed by atoms with Crippen LogP contribution in [0.3, 0.4) is 0 Å². The molecule has 1 aliphatic rings. The molecular formula is C17H26N2O2S2. The van der Waals surface area contributed by atoms with Crippen molar-refractivity contribution in [2.75, 3.05) is 6.61 Å². The highest BCUT2D eigenvalue weighted by Crippen LogP contribution is 2.29. The summed E-state index contributed by atoms with van der Waals surface area (Å²) in [6, 6.07) is 0. The fourth-order valence-electron chi connectivity index (χ4n) is 2.19. The molecule has 0 amide bonds. The van der Waals surface area contributed by atoms with Crippen LogP contribution in [-0.4, -0.2) is 21.7 Å². The summed E-state index contributed by atoms with van der Waals surface area (Å²) in [6.07, 6.45) is 5.66. The first kappa shape index (κ1) is 18.5. The Morgan fingerprint density at radius 2 is 1.87 bits per heavy atom. The van der Waals surface area contributed by atoms with Crippen molar-refractivity contribution in [1.82, 2.24) is 9.97 Å². The molecule has 6 heteroatoms. The molecule has 0 radical (unpaired) electrons. The van der Waals surface area contributed by atoms with Gasteiger partial charge in [-0.05, 0) is 20.3 Å². The van der Waals surface area contributed by atoms with Crippen molar-refractivity contribution in [3.63, 3.8) is 0 Å². The van der Waals surface area contributed by atoms with Crippen molar-refractivity contribution < 1.29 is 9.84 Å². The Balaban J connectivity index is 0.000000182. The number of rotatable bonds is 7. The lowest BCUT2D eigenvalue weighted by Crippen LogP contribution is -1.97. The Morgan fingerprint density at radius 3 is 2.39 bits per heavy atom. The van der Waals surface area contributed by atoms with Crippen molar-refractivity contribution in [3.05, 3.63) is 32.2 Å². The van der Waals surface area contributed by atoms with E-state index in [1.807, 2.05) is 19.2 Å². The van der Waals surface area contributed by atoms with Crippen molar-refractivity contribution in [3.8, 4) is 0 Å². The predicted molar refractivity (Wildman–Crippen MR) is 96.1 cm³/mol. The van der Waals surface area contributed by atoms with Gasteiger partial charge in [-0.2, -0.15) is 0 Å². The average Bonchev–Trinajstić information content (AvgIpc) is 3.15. The molecule has 3 heterocycles. The zero-order valence-electron chi connectivity index (χ0n) is 14.1. The number of aryl methyl sites for hydroxylation is 2. The van der Waals surface area contributed by atoms with Gasteiger partial charge in [-0.15, -0.1) is 22.7 Å². The Bertz CT molecular complexity index is 579. The monoisotopic (exact) mass is 354 g/mol. The molecule has 0 bridgehead atoms. The lowest BCUT2D eigenvalue weighted by atomic mass is 10.1. The summed E-state index contributed by atoms with van der Waals surface area (Å²) in [5.74, 6) is 0. The molecule has 1 fully saturated rings. The molecular weight excluding hydrogens is 328 g/mol. The van der Waals surface area contributed by atoms with E-state index < -0.39 is 0 Å². The van der Waals surface area contributed by atoms with E-state index >= 15 is 0 Å². The van der Waals surface area contributed by atoms with E-state index in [4.69, 9.17) is 4.74 Å². The van der Waals surface area contributed by atoms with E-state index in [-0.39, 0.29) is 6.10 Å². The number of hydrogen-bond donors (Lipinski definition) is 1. The van der Waals surface area contributed by atoms with Crippen LogP contribution >= 0.6 is 22.7 Å². The number of aliphatic hydroxyl groups is 1. The summed E-state index contributed by atoms with van der Waals surface area (Å²) >= 11 is 3.29. The van der Waals surface area contributed by atoms with Gasteiger partial charge in [-0.3, -0.25) is 0 Å². The quantitative estimate of drug-likeness (QED) is 0.563. The minimum absolute atomic E-state index is 0.329. The largest absolute Gasteiger partial charge is 0.387 e. The van der Waals surface area contributed by atoms with Gasteiger partial charge in [0.05, 0.1) is 34.1 Å². The number of thiazole rings is 2. The van der Waals surface area contributed by atoms with Crippen LogP contribution in [0.1, 0.15) is 72.6 Å². The van der Waals surface area contributed by atoms with Crippen LogP contribution in [0.2, 0.25) is 0 Å². The van der Waals surface area contributed by atoms with Crippen molar-refractivity contribution >= 4 is 22.7 Å². The maximum atomic E-state index is 9.78. The Hall–Kier alpha value is -0.820. The van der Waals surface area contributed by atoms with Gasteiger partial charge in [-0.1, -0.05) is 32.6 Å². The van der Waals surface area contributed by atoms with Gasteiger partial charge in [0.1, 0.15) is 6.10 Å². The van der Waals surface area contributed by atoms with E-state index in [9.17, 15) is 5.11 Å². The van der Waals surface area contributed by atoms with Crippen LogP contribution in [0, 0.1) is 13.8 Å². The van der Waals surface area contributed by atoms with E-state index in [2.05, 4.69) is 22.3 Å².